The number of hydrogen-bond acceptors (Lipinski definition) is 1. The van der Waals surface area contributed by atoms with Crippen LogP contribution in [0.1, 0.15) is 111 Å². The molecule has 0 heterocycles. The Morgan fingerprint density at radius 3 is 2.05 bits per heavy atom. The molecule has 1 nitrogen and oxygen atoms in total. The van der Waals surface area contributed by atoms with Crippen LogP contribution < -0.4 is 5.73 Å². The summed E-state index contributed by atoms with van der Waals surface area (Å²) < 4.78 is 0. The predicted octanol–water partition coefficient (Wildman–Crippen LogP) is 6.87. The molecule has 0 radical (unpaired) electrons. The first-order valence-electron chi connectivity index (χ1n) is 9.87. The SMILES string of the molecule is CCCCCCCCCCCC(N)C1(C)CCCCC1C.Cl. The van der Waals surface area contributed by atoms with Crippen LogP contribution in [0.3, 0.4) is 0 Å². The number of rotatable bonds is 11. The van der Waals surface area contributed by atoms with Gasteiger partial charge in [-0.2, -0.15) is 0 Å². The molecule has 3 unspecified atom stereocenters. The van der Waals surface area contributed by atoms with Crippen molar-refractivity contribution in [3.63, 3.8) is 0 Å². The van der Waals surface area contributed by atoms with Crippen LogP contribution in [-0.4, -0.2) is 6.04 Å². The van der Waals surface area contributed by atoms with Crippen molar-refractivity contribution < 1.29 is 0 Å². The van der Waals surface area contributed by atoms with Gasteiger partial charge < -0.3 is 5.73 Å². The van der Waals surface area contributed by atoms with E-state index in [2.05, 4.69) is 20.8 Å². The van der Waals surface area contributed by atoms with Crippen LogP contribution in [0, 0.1) is 11.3 Å². The van der Waals surface area contributed by atoms with E-state index in [-0.39, 0.29) is 12.4 Å². The average Bonchev–Trinajstić information content (AvgIpc) is 2.48. The van der Waals surface area contributed by atoms with E-state index in [4.69, 9.17) is 5.73 Å². The molecule has 0 bridgehead atoms. The van der Waals surface area contributed by atoms with Gasteiger partial charge in [0.15, 0.2) is 0 Å². The Balaban J connectivity index is 0.00000441. The monoisotopic (exact) mass is 331 g/mol. The molecule has 0 aromatic carbocycles. The van der Waals surface area contributed by atoms with Gasteiger partial charge in [-0.15, -0.1) is 12.4 Å². The summed E-state index contributed by atoms with van der Waals surface area (Å²) in [5, 5.41) is 0. The number of halogens is 1. The van der Waals surface area contributed by atoms with Gasteiger partial charge in [0.05, 0.1) is 0 Å². The fourth-order valence-electron chi connectivity index (χ4n) is 4.09. The van der Waals surface area contributed by atoms with Crippen molar-refractivity contribution in [2.75, 3.05) is 0 Å². The highest BCUT2D eigenvalue weighted by Gasteiger charge is 2.38. The van der Waals surface area contributed by atoms with Crippen LogP contribution >= 0.6 is 12.4 Å². The van der Waals surface area contributed by atoms with Crippen molar-refractivity contribution >= 4 is 12.4 Å². The second kappa shape index (κ2) is 12.6. The van der Waals surface area contributed by atoms with Gasteiger partial charge in [0.1, 0.15) is 0 Å². The van der Waals surface area contributed by atoms with Crippen LogP contribution in [0.15, 0.2) is 0 Å². The van der Waals surface area contributed by atoms with Crippen LogP contribution in [0.25, 0.3) is 0 Å². The Labute approximate surface area is 146 Å². The summed E-state index contributed by atoms with van der Waals surface area (Å²) in [7, 11) is 0. The molecule has 2 heteroatoms. The summed E-state index contributed by atoms with van der Waals surface area (Å²) in [6.07, 6.45) is 19.5. The fraction of sp³-hybridized carbons (Fsp3) is 1.00. The van der Waals surface area contributed by atoms with Gasteiger partial charge in [-0.1, -0.05) is 97.8 Å². The predicted molar refractivity (Wildman–Crippen MR) is 103 cm³/mol. The van der Waals surface area contributed by atoms with E-state index in [1.54, 1.807) is 0 Å². The number of unbranched alkanes of at least 4 members (excludes halogenated alkanes) is 8. The van der Waals surface area contributed by atoms with E-state index in [9.17, 15) is 0 Å². The fourth-order valence-corrected chi connectivity index (χ4v) is 4.09. The van der Waals surface area contributed by atoms with Gasteiger partial charge in [-0.25, -0.2) is 0 Å². The molecule has 0 saturated heterocycles. The standard InChI is InChI=1S/C20H41N.ClH/c1-4-5-6-7-8-9-10-11-12-16-19(21)20(3)17-14-13-15-18(20)2;/h18-19H,4-17,21H2,1-3H3;1H. The van der Waals surface area contributed by atoms with E-state index in [1.807, 2.05) is 0 Å². The Hall–Kier alpha value is 0.250. The molecular formula is C20H42ClN. The minimum Gasteiger partial charge on any atom is -0.327 e. The molecule has 1 aliphatic carbocycles. The third-order valence-corrected chi connectivity index (χ3v) is 6.19. The third-order valence-electron chi connectivity index (χ3n) is 6.19. The van der Waals surface area contributed by atoms with Gasteiger partial charge in [0.25, 0.3) is 0 Å². The summed E-state index contributed by atoms with van der Waals surface area (Å²) >= 11 is 0. The maximum Gasteiger partial charge on any atom is 0.00954 e. The molecule has 1 rings (SSSR count). The summed E-state index contributed by atoms with van der Waals surface area (Å²) in [5.41, 5.74) is 6.98. The summed E-state index contributed by atoms with van der Waals surface area (Å²) in [4.78, 5) is 0. The zero-order valence-electron chi connectivity index (χ0n) is 15.5. The van der Waals surface area contributed by atoms with E-state index < -0.39 is 0 Å². The Morgan fingerprint density at radius 2 is 1.50 bits per heavy atom. The zero-order valence-corrected chi connectivity index (χ0v) is 16.4. The lowest BCUT2D eigenvalue weighted by Crippen LogP contribution is -2.45. The Kier molecular flexibility index (Phi) is 12.8. The first kappa shape index (κ1) is 22.2. The molecule has 2 N–H and O–H groups in total. The third kappa shape index (κ3) is 7.68. The minimum absolute atomic E-state index is 0. The van der Waals surface area contributed by atoms with Crippen LogP contribution in [0.4, 0.5) is 0 Å². The van der Waals surface area contributed by atoms with E-state index in [0.29, 0.717) is 11.5 Å². The van der Waals surface area contributed by atoms with Gasteiger partial charge >= 0.3 is 0 Å². The van der Waals surface area contributed by atoms with Crippen molar-refractivity contribution in [3.8, 4) is 0 Å². The zero-order chi connectivity index (χ0) is 15.6. The van der Waals surface area contributed by atoms with Gasteiger partial charge in [-0.05, 0) is 24.2 Å². The Morgan fingerprint density at radius 1 is 0.955 bits per heavy atom. The highest BCUT2D eigenvalue weighted by molar-refractivity contribution is 5.85. The maximum absolute atomic E-state index is 6.57. The van der Waals surface area contributed by atoms with Crippen molar-refractivity contribution in [1.82, 2.24) is 0 Å². The molecule has 1 aliphatic rings. The number of hydrogen-bond donors (Lipinski definition) is 1. The minimum atomic E-state index is 0. The summed E-state index contributed by atoms with van der Waals surface area (Å²) in [5.74, 6) is 0.819. The summed E-state index contributed by atoms with van der Waals surface area (Å²) in [6.45, 7) is 7.17. The molecule has 134 valence electrons. The van der Waals surface area contributed by atoms with Crippen LogP contribution in [0.5, 0.6) is 0 Å². The lowest BCUT2D eigenvalue weighted by molar-refractivity contribution is 0.0896. The molecule has 1 fully saturated rings. The average molecular weight is 332 g/mol. The van der Waals surface area contributed by atoms with Gasteiger partial charge in [-0.3, -0.25) is 0 Å². The molecular weight excluding hydrogens is 290 g/mol. The largest absolute Gasteiger partial charge is 0.327 e. The van der Waals surface area contributed by atoms with E-state index >= 15 is 0 Å². The van der Waals surface area contributed by atoms with Crippen molar-refractivity contribution in [3.05, 3.63) is 0 Å². The molecule has 1 saturated carbocycles. The second-order valence-corrected chi connectivity index (χ2v) is 7.88. The first-order chi connectivity index (χ1) is 10.1. The van der Waals surface area contributed by atoms with Crippen molar-refractivity contribution in [2.45, 2.75) is 117 Å². The van der Waals surface area contributed by atoms with Crippen LogP contribution in [-0.2, 0) is 0 Å². The van der Waals surface area contributed by atoms with Crippen LogP contribution in [0.2, 0.25) is 0 Å². The molecule has 0 amide bonds. The molecule has 0 aromatic heterocycles. The van der Waals surface area contributed by atoms with E-state index in [1.165, 1.54) is 89.9 Å². The van der Waals surface area contributed by atoms with Gasteiger partial charge in [0.2, 0.25) is 0 Å². The molecule has 0 aromatic rings. The lowest BCUT2D eigenvalue weighted by Gasteiger charge is -2.44. The quantitative estimate of drug-likeness (QED) is 0.410. The van der Waals surface area contributed by atoms with Crippen molar-refractivity contribution in [1.29, 1.82) is 0 Å². The topological polar surface area (TPSA) is 26.0 Å². The molecule has 0 aliphatic heterocycles. The highest BCUT2D eigenvalue weighted by atomic mass is 35.5. The maximum atomic E-state index is 6.57. The normalized spacial score (nSPS) is 26.5. The van der Waals surface area contributed by atoms with Crippen molar-refractivity contribution in [2.24, 2.45) is 17.1 Å². The highest BCUT2D eigenvalue weighted by Crippen LogP contribution is 2.43. The number of nitrogens with two attached hydrogens (primary N) is 1. The Bertz CT molecular complexity index is 256. The first-order valence-corrected chi connectivity index (χ1v) is 9.87. The smallest absolute Gasteiger partial charge is 0.00954 e. The lowest BCUT2D eigenvalue weighted by atomic mass is 9.63. The van der Waals surface area contributed by atoms with E-state index in [0.717, 1.165) is 5.92 Å². The summed E-state index contributed by atoms with van der Waals surface area (Å²) in [6, 6.07) is 0.428. The molecule has 22 heavy (non-hydrogen) atoms. The molecule has 3 atom stereocenters. The molecule has 0 spiro atoms. The van der Waals surface area contributed by atoms with Gasteiger partial charge in [0, 0.05) is 6.04 Å². The second-order valence-electron chi connectivity index (χ2n) is 7.88.